The quantitative estimate of drug-likeness (QED) is 0.585. The molecule has 1 heterocycles. The average molecular weight is 347 g/mol. The molecule has 0 spiro atoms. The van der Waals surface area contributed by atoms with Crippen LogP contribution in [-0.4, -0.2) is 50.7 Å². The van der Waals surface area contributed by atoms with Gasteiger partial charge in [-0.05, 0) is 36.6 Å². The van der Waals surface area contributed by atoms with Gasteiger partial charge in [-0.25, -0.2) is 4.79 Å². The fourth-order valence-electron chi connectivity index (χ4n) is 2.68. The van der Waals surface area contributed by atoms with E-state index >= 15 is 0 Å². The Balaban J connectivity index is 1.87. The van der Waals surface area contributed by atoms with Gasteiger partial charge in [-0.1, -0.05) is 12.8 Å². The number of likely N-dealkylation sites (tertiary alicyclic amines) is 1. The summed E-state index contributed by atoms with van der Waals surface area (Å²) in [6.45, 7) is 1.27. The number of rotatable bonds is 6. The van der Waals surface area contributed by atoms with Crippen molar-refractivity contribution in [2.45, 2.75) is 25.7 Å². The first kappa shape index (κ1) is 18.8. The third-order valence-corrected chi connectivity index (χ3v) is 4.08. The largest absolute Gasteiger partial charge is 0.497 e. The summed E-state index contributed by atoms with van der Waals surface area (Å²) in [4.78, 5) is 25.7. The molecule has 1 aromatic rings. The molecule has 1 fully saturated rings. The highest BCUT2D eigenvalue weighted by Crippen LogP contribution is 2.23. The van der Waals surface area contributed by atoms with Gasteiger partial charge < -0.3 is 19.1 Å². The molecule has 0 bridgehead atoms. The second-order valence-electron chi connectivity index (χ2n) is 5.88. The van der Waals surface area contributed by atoms with Gasteiger partial charge in [0.2, 0.25) is 0 Å². The number of methoxy groups -OCH3 is 2. The molecule has 1 saturated heterocycles. The Morgan fingerprint density at radius 3 is 2.16 bits per heavy atom. The highest BCUT2D eigenvalue weighted by molar-refractivity contribution is 5.89. The predicted octanol–water partition coefficient (Wildman–Crippen LogP) is 2.66. The first-order valence-electron chi connectivity index (χ1n) is 8.48. The molecule has 0 aromatic heterocycles. The Hall–Kier alpha value is -2.50. The molecule has 0 radical (unpaired) electrons. The molecule has 25 heavy (non-hydrogen) atoms. The number of hydrogen-bond donors (Lipinski definition) is 0. The van der Waals surface area contributed by atoms with Crippen LogP contribution >= 0.6 is 0 Å². The second kappa shape index (κ2) is 9.71. The number of esters is 1. The van der Waals surface area contributed by atoms with Crippen molar-refractivity contribution >= 4 is 18.0 Å². The maximum atomic E-state index is 12.1. The summed E-state index contributed by atoms with van der Waals surface area (Å²) in [5, 5.41) is 0. The van der Waals surface area contributed by atoms with Crippen molar-refractivity contribution in [2.75, 3.05) is 33.9 Å². The fourth-order valence-corrected chi connectivity index (χ4v) is 2.68. The maximum absolute atomic E-state index is 12.1. The first-order chi connectivity index (χ1) is 12.1. The Morgan fingerprint density at radius 1 is 1.00 bits per heavy atom. The lowest BCUT2D eigenvalue weighted by molar-refractivity contribution is -0.148. The van der Waals surface area contributed by atoms with Crippen molar-refractivity contribution in [3.8, 4) is 11.5 Å². The predicted molar refractivity (Wildman–Crippen MR) is 94.6 cm³/mol. The summed E-state index contributed by atoms with van der Waals surface area (Å²) in [6.07, 6.45) is 7.22. The lowest BCUT2D eigenvalue weighted by Gasteiger charge is -2.19. The number of nitrogens with zero attached hydrogens (tertiary/aromatic N) is 1. The van der Waals surface area contributed by atoms with Crippen LogP contribution < -0.4 is 9.47 Å². The summed E-state index contributed by atoms with van der Waals surface area (Å²) in [7, 11) is 3.12. The van der Waals surface area contributed by atoms with Gasteiger partial charge in [0.05, 0.1) is 14.2 Å². The van der Waals surface area contributed by atoms with Crippen LogP contribution in [-0.2, 0) is 14.3 Å². The molecule has 0 unspecified atom stereocenters. The smallest absolute Gasteiger partial charge is 0.331 e. The van der Waals surface area contributed by atoms with Crippen molar-refractivity contribution < 1.29 is 23.8 Å². The van der Waals surface area contributed by atoms with Crippen molar-refractivity contribution in [1.82, 2.24) is 4.90 Å². The monoisotopic (exact) mass is 347 g/mol. The standard InChI is InChI=1S/C19H25NO5/c1-23-16-11-15(12-17(13-16)24-2)7-8-19(22)25-14-18(21)20-9-5-3-4-6-10-20/h7-8,11-13H,3-6,9-10,14H2,1-2H3/b8-7+. The van der Waals surface area contributed by atoms with Crippen LogP contribution in [0.25, 0.3) is 6.08 Å². The zero-order chi connectivity index (χ0) is 18.1. The highest BCUT2D eigenvalue weighted by atomic mass is 16.5. The van der Waals surface area contributed by atoms with Crippen molar-refractivity contribution in [1.29, 1.82) is 0 Å². The Kier molecular flexibility index (Phi) is 7.32. The topological polar surface area (TPSA) is 65.1 Å². The molecule has 2 rings (SSSR count). The van der Waals surface area contributed by atoms with E-state index in [1.54, 1.807) is 43.4 Å². The zero-order valence-electron chi connectivity index (χ0n) is 14.8. The summed E-state index contributed by atoms with van der Waals surface area (Å²) >= 11 is 0. The third-order valence-electron chi connectivity index (χ3n) is 4.08. The molecule has 0 saturated carbocycles. The number of carbonyl (C=O) groups excluding carboxylic acids is 2. The van der Waals surface area contributed by atoms with Crippen molar-refractivity contribution in [3.05, 3.63) is 29.8 Å². The van der Waals surface area contributed by atoms with Gasteiger partial charge in [-0.3, -0.25) is 4.79 Å². The molecule has 6 nitrogen and oxygen atoms in total. The minimum atomic E-state index is -0.551. The molecular weight excluding hydrogens is 322 g/mol. The molecule has 1 aliphatic rings. The van der Waals surface area contributed by atoms with E-state index < -0.39 is 5.97 Å². The van der Waals surface area contributed by atoms with E-state index in [0.717, 1.165) is 44.3 Å². The second-order valence-corrected chi connectivity index (χ2v) is 5.88. The molecule has 136 valence electrons. The van der Waals surface area contributed by atoms with Crippen molar-refractivity contribution in [3.63, 3.8) is 0 Å². The van der Waals surface area contributed by atoms with Gasteiger partial charge in [0.25, 0.3) is 5.91 Å². The van der Waals surface area contributed by atoms with Crippen LogP contribution in [0.4, 0.5) is 0 Å². The van der Waals surface area contributed by atoms with Gasteiger partial charge in [0, 0.05) is 25.2 Å². The Labute approximate surface area is 148 Å². The number of ether oxygens (including phenoxy) is 3. The van der Waals surface area contributed by atoms with Crippen LogP contribution in [0.2, 0.25) is 0 Å². The van der Waals surface area contributed by atoms with E-state index in [9.17, 15) is 9.59 Å². The Morgan fingerprint density at radius 2 is 1.60 bits per heavy atom. The van der Waals surface area contributed by atoms with E-state index in [4.69, 9.17) is 14.2 Å². The average Bonchev–Trinajstić information content (AvgIpc) is 2.93. The number of hydrogen-bond acceptors (Lipinski definition) is 5. The third kappa shape index (κ3) is 6.14. The Bertz CT molecular complexity index is 596. The minimum absolute atomic E-state index is 0.133. The summed E-state index contributed by atoms with van der Waals surface area (Å²) in [5.74, 6) is 0.573. The van der Waals surface area contributed by atoms with Crippen LogP contribution in [0.3, 0.4) is 0 Å². The van der Waals surface area contributed by atoms with E-state index in [-0.39, 0.29) is 12.5 Å². The SMILES string of the molecule is COc1cc(/C=C/C(=O)OCC(=O)N2CCCCCC2)cc(OC)c1. The van der Waals surface area contributed by atoms with Gasteiger partial charge in [0.1, 0.15) is 11.5 Å². The zero-order valence-corrected chi connectivity index (χ0v) is 14.8. The number of benzene rings is 1. The fraction of sp³-hybridized carbons (Fsp3) is 0.474. The highest BCUT2D eigenvalue weighted by Gasteiger charge is 2.16. The van der Waals surface area contributed by atoms with Crippen LogP contribution in [0.15, 0.2) is 24.3 Å². The molecular formula is C19H25NO5. The molecule has 0 N–H and O–H groups in total. The van der Waals surface area contributed by atoms with E-state index in [1.165, 1.54) is 6.08 Å². The lowest BCUT2D eigenvalue weighted by Crippen LogP contribution is -2.35. The van der Waals surface area contributed by atoms with Crippen molar-refractivity contribution in [2.24, 2.45) is 0 Å². The summed E-state index contributed by atoms with van der Waals surface area (Å²) in [5.41, 5.74) is 0.743. The normalized spacial score (nSPS) is 14.9. The van der Waals surface area contributed by atoms with Crippen LogP contribution in [0.5, 0.6) is 11.5 Å². The molecule has 0 aliphatic carbocycles. The van der Waals surface area contributed by atoms with Crippen LogP contribution in [0, 0.1) is 0 Å². The summed E-state index contributed by atoms with van der Waals surface area (Å²) in [6, 6.07) is 5.29. The van der Waals surface area contributed by atoms with Crippen LogP contribution in [0.1, 0.15) is 31.2 Å². The first-order valence-corrected chi connectivity index (χ1v) is 8.48. The molecule has 1 aromatic carbocycles. The summed E-state index contributed by atoms with van der Waals surface area (Å²) < 4.78 is 15.4. The van der Waals surface area contributed by atoms with Gasteiger partial charge in [-0.15, -0.1) is 0 Å². The van der Waals surface area contributed by atoms with E-state index in [1.807, 2.05) is 0 Å². The molecule has 6 heteroatoms. The number of amides is 1. The maximum Gasteiger partial charge on any atom is 0.331 e. The van der Waals surface area contributed by atoms with Gasteiger partial charge in [0.15, 0.2) is 6.61 Å². The van der Waals surface area contributed by atoms with Gasteiger partial charge in [-0.2, -0.15) is 0 Å². The van der Waals surface area contributed by atoms with Gasteiger partial charge >= 0.3 is 5.97 Å². The number of carbonyl (C=O) groups is 2. The molecule has 1 amide bonds. The lowest BCUT2D eigenvalue weighted by atomic mass is 10.2. The van der Waals surface area contributed by atoms with E-state index in [0.29, 0.717) is 11.5 Å². The minimum Gasteiger partial charge on any atom is -0.497 e. The van der Waals surface area contributed by atoms with E-state index in [2.05, 4.69) is 0 Å². The molecule has 0 atom stereocenters. The molecule has 1 aliphatic heterocycles.